The number of carbonyl (C=O) groups excluding carboxylic acids is 2. The van der Waals surface area contributed by atoms with E-state index in [1.807, 2.05) is 26.8 Å². The maximum absolute atomic E-state index is 11.5. The average Bonchev–Trinajstić information content (AvgIpc) is 2.47. The van der Waals surface area contributed by atoms with E-state index in [9.17, 15) is 14.9 Å². The molecule has 7 nitrogen and oxygen atoms in total. The fourth-order valence-electron chi connectivity index (χ4n) is 2.65. The number of thioether (sulfide) groups is 1. The molecule has 1 fully saturated rings. The van der Waals surface area contributed by atoms with Crippen LogP contribution in [0.5, 0.6) is 0 Å². The molecule has 4 atom stereocenters. The zero-order chi connectivity index (χ0) is 18.8. The van der Waals surface area contributed by atoms with Crippen molar-refractivity contribution in [1.82, 2.24) is 5.06 Å². The van der Waals surface area contributed by atoms with Gasteiger partial charge in [-0.1, -0.05) is 32.9 Å². The first-order valence-electron chi connectivity index (χ1n) is 7.89. The molecule has 1 aliphatic carbocycles. The van der Waals surface area contributed by atoms with Crippen LogP contribution in [-0.2, 0) is 23.9 Å². The lowest BCUT2D eigenvalue weighted by atomic mass is 9.91. The van der Waals surface area contributed by atoms with Crippen LogP contribution in [-0.4, -0.2) is 46.1 Å². The van der Waals surface area contributed by atoms with Gasteiger partial charge in [0.05, 0.1) is 6.20 Å². The Morgan fingerprint density at radius 1 is 1.20 bits per heavy atom. The summed E-state index contributed by atoms with van der Waals surface area (Å²) in [6.07, 6.45) is 3.18. The third kappa shape index (κ3) is 5.00. The standard InChI is InChI=1S/C17H22N2O5S/c1-10(20)22-15-13-6-7-14(16(15)23-11(2)21)24-19(13)9-12(8-18)25-17(3,4)5/h6-7,9,13-16H,1-5H3/b12-9-/t13-,14+,15-,16-/m1/s1. The smallest absolute Gasteiger partial charge is 0.303 e. The van der Waals surface area contributed by atoms with Crippen LogP contribution in [0.25, 0.3) is 0 Å². The monoisotopic (exact) mass is 366 g/mol. The van der Waals surface area contributed by atoms with Crippen molar-refractivity contribution in [2.75, 3.05) is 0 Å². The van der Waals surface area contributed by atoms with E-state index in [2.05, 4.69) is 6.07 Å². The van der Waals surface area contributed by atoms with Gasteiger partial charge in [0.1, 0.15) is 23.1 Å². The van der Waals surface area contributed by atoms with E-state index >= 15 is 0 Å². The summed E-state index contributed by atoms with van der Waals surface area (Å²) in [5.74, 6) is -0.952. The van der Waals surface area contributed by atoms with E-state index < -0.39 is 36.3 Å². The Kier molecular flexibility index (Phi) is 5.80. The van der Waals surface area contributed by atoms with Crippen molar-refractivity contribution < 1.29 is 23.9 Å². The number of hydrogen-bond donors (Lipinski definition) is 0. The van der Waals surface area contributed by atoms with Crippen molar-refractivity contribution >= 4 is 23.7 Å². The van der Waals surface area contributed by atoms with Crippen LogP contribution in [0.3, 0.4) is 0 Å². The molecule has 0 spiro atoms. The van der Waals surface area contributed by atoms with E-state index in [1.54, 1.807) is 12.3 Å². The summed E-state index contributed by atoms with van der Waals surface area (Å²) in [7, 11) is 0. The highest BCUT2D eigenvalue weighted by atomic mass is 32.2. The molecule has 0 unspecified atom stereocenters. The van der Waals surface area contributed by atoms with Gasteiger partial charge in [-0.2, -0.15) is 5.26 Å². The van der Waals surface area contributed by atoms with Gasteiger partial charge in [0.2, 0.25) is 0 Å². The largest absolute Gasteiger partial charge is 0.456 e. The summed E-state index contributed by atoms with van der Waals surface area (Å²) < 4.78 is 10.5. The van der Waals surface area contributed by atoms with Crippen LogP contribution in [0.1, 0.15) is 34.6 Å². The minimum absolute atomic E-state index is 0.137. The molecule has 136 valence electrons. The molecular formula is C17H22N2O5S. The van der Waals surface area contributed by atoms with Crippen LogP contribution in [0.4, 0.5) is 0 Å². The second-order valence-electron chi connectivity index (χ2n) is 6.77. The SMILES string of the molecule is CC(=O)O[C@H]1[C@H](OC(C)=O)[C@H]2C=C[C@@H]1ON2/C=C(/C#N)SC(C)(C)C. The Bertz CT molecular complexity index is 646. The summed E-state index contributed by atoms with van der Waals surface area (Å²) in [6.45, 7) is 8.61. The van der Waals surface area contributed by atoms with E-state index in [0.29, 0.717) is 4.91 Å². The maximum Gasteiger partial charge on any atom is 0.303 e. The van der Waals surface area contributed by atoms with Gasteiger partial charge < -0.3 is 9.47 Å². The highest BCUT2D eigenvalue weighted by molar-refractivity contribution is 8.04. The molecule has 3 aliphatic rings. The summed E-state index contributed by atoms with van der Waals surface area (Å²) in [6, 6.07) is 1.67. The van der Waals surface area contributed by atoms with Crippen molar-refractivity contribution in [3.63, 3.8) is 0 Å². The first kappa shape index (κ1) is 19.3. The minimum atomic E-state index is -0.721. The topological polar surface area (TPSA) is 88.9 Å². The van der Waals surface area contributed by atoms with E-state index in [4.69, 9.17) is 14.3 Å². The zero-order valence-corrected chi connectivity index (χ0v) is 15.7. The lowest BCUT2D eigenvalue weighted by Gasteiger charge is -2.47. The van der Waals surface area contributed by atoms with Gasteiger partial charge in [-0.15, -0.1) is 11.8 Å². The van der Waals surface area contributed by atoms with Crippen LogP contribution in [0, 0.1) is 11.3 Å². The lowest BCUT2D eigenvalue weighted by Crippen LogP contribution is -2.62. The number of carbonyl (C=O) groups is 2. The molecule has 0 N–H and O–H groups in total. The summed E-state index contributed by atoms with van der Waals surface area (Å²) in [5.41, 5.74) is 0. The Labute approximate surface area is 151 Å². The summed E-state index contributed by atoms with van der Waals surface area (Å²) in [4.78, 5) is 29.1. The zero-order valence-electron chi connectivity index (χ0n) is 14.9. The molecule has 25 heavy (non-hydrogen) atoms. The van der Waals surface area contributed by atoms with E-state index in [-0.39, 0.29) is 4.75 Å². The molecule has 8 heteroatoms. The van der Waals surface area contributed by atoms with E-state index in [1.165, 1.54) is 30.7 Å². The normalized spacial score (nSPS) is 28.5. The van der Waals surface area contributed by atoms with Crippen molar-refractivity contribution in [2.24, 2.45) is 0 Å². The van der Waals surface area contributed by atoms with Gasteiger partial charge >= 0.3 is 11.9 Å². The first-order chi connectivity index (χ1) is 11.6. The highest BCUT2D eigenvalue weighted by Gasteiger charge is 2.50. The number of fused-ring (bicyclic) bond motifs is 2. The van der Waals surface area contributed by atoms with Crippen molar-refractivity contribution in [3.8, 4) is 6.07 Å². The maximum atomic E-state index is 11.5. The minimum Gasteiger partial charge on any atom is -0.456 e. The Morgan fingerprint density at radius 2 is 1.80 bits per heavy atom. The predicted molar refractivity (Wildman–Crippen MR) is 91.8 cm³/mol. The summed E-state index contributed by atoms with van der Waals surface area (Å²) >= 11 is 1.41. The highest BCUT2D eigenvalue weighted by Crippen LogP contribution is 2.36. The van der Waals surface area contributed by atoms with E-state index in [0.717, 1.165) is 0 Å². The third-order valence-corrected chi connectivity index (χ3v) is 4.42. The fourth-order valence-corrected chi connectivity index (χ4v) is 3.52. The van der Waals surface area contributed by atoms with Gasteiger partial charge in [0, 0.05) is 18.6 Å². The number of hydroxylamine groups is 2. The van der Waals surface area contributed by atoms with Crippen molar-refractivity contribution in [3.05, 3.63) is 23.3 Å². The van der Waals surface area contributed by atoms with Crippen LogP contribution >= 0.6 is 11.8 Å². The molecule has 2 heterocycles. The third-order valence-electron chi connectivity index (χ3n) is 3.39. The Balaban J connectivity index is 2.27. The fraction of sp³-hybridized carbons (Fsp3) is 0.588. The number of nitrogens with zero attached hydrogens (tertiary/aromatic N) is 2. The van der Waals surface area contributed by atoms with Crippen molar-refractivity contribution in [1.29, 1.82) is 5.26 Å². The molecular weight excluding hydrogens is 344 g/mol. The number of hydrogen-bond acceptors (Lipinski definition) is 8. The number of esters is 2. The van der Waals surface area contributed by atoms with Gasteiger partial charge in [0.25, 0.3) is 0 Å². The lowest BCUT2D eigenvalue weighted by molar-refractivity contribution is -0.277. The van der Waals surface area contributed by atoms with Gasteiger partial charge in [-0.25, -0.2) is 5.06 Å². The second kappa shape index (κ2) is 7.50. The van der Waals surface area contributed by atoms with Crippen LogP contribution in [0.2, 0.25) is 0 Å². The molecule has 0 saturated carbocycles. The molecule has 0 radical (unpaired) electrons. The molecule has 2 bridgehead atoms. The Hall–Kier alpha value is -1.98. The number of nitriles is 1. The average molecular weight is 366 g/mol. The van der Waals surface area contributed by atoms with Gasteiger partial charge in [0.15, 0.2) is 12.2 Å². The molecule has 3 rings (SSSR count). The number of ether oxygens (including phenoxy) is 2. The molecule has 0 aromatic carbocycles. The predicted octanol–water partition coefficient (Wildman–Crippen LogP) is 2.30. The van der Waals surface area contributed by atoms with Crippen molar-refractivity contribution in [2.45, 2.75) is 63.7 Å². The summed E-state index contributed by atoms with van der Waals surface area (Å²) in [5, 5.41) is 10.9. The molecule has 0 amide bonds. The van der Waals surface area contributed by atoms with Crippen LogP contribution < -0.4 is 0 Å². The number of rotatable bonds is 4. The number of allylic oxidation sites excluding steroid dienone is 1. The molecule has 1 saturated heterocycles. The second-order valence-corrected chi connectivity index (χ2v) is 8.64. The van der Waals surface area contributed by atoms with Gasteiger partial charge in [-0.3, -0.25) is 14.4 Å². The molecule has 2 aliphatic heterocycles. The Morgan fingerprint density at radius 3 is 2.32 bits per heavy atom. The first-order valence-corrected chi connectivity index (χ1v) is 8.71. The molecule has 0 aromatic heterocycles. The molecule has 0 aromatic rings. The van der Waals surface area contributed by atoms with Gasteiger partial charge in [-0.05, 0) is 0 Å². The van der Waals surface area contributed by atoms with Crippen LogP contribution in [0.15, 0.2) is 23.3 Å². The quantitative estimate of drug-likeness (QED) is 0.425.